The molecule has 0 aliphatic rings. The molecule has 0 radical (unpaired) electrons. The van der Waals surface area contributed by atoms with E-state index in [1.807, 2.05) is 0 Å². The summed E-state index contributed by atoms with van der Waals surface area (Å²) in [6, 6.07) is 0. The minimum absolute atomic E-state index is 0.144. The molecule has 7 heteroatoms. The molecule has 0 fully saturated rings. The van der Waals surface area contributed by atoms with Crippen molar-refractivity contribution in [3.05, 3.63) is 11.8 Å². The number of anilines is 1. The molecule has 1 amide bonds. The monoisotopic (exact) mass is 283 g/mol. The number of nitrogens with zero attached hydrogens (tertiary/aromatic N) is 1. The van der Waals surface area contributed by atoms with E-state index in [2.05, 4.69) is 15.5 Å². The van der Waals surface area contributed by atoms with Crippen LogP contribution in [-0.2, 0) is 9.47 Å². The molecule has 0 saturated carbocycles. The van der Waals surface area contributed by atoms with Gasteiger partial charge in [0.1, 0.15) is 22.6 Å². The van der Waals surface area contributed by atoms with Crippen molar-refractivity contribution in [2.24, 2.45) is 0 Å². The number of H-pyrrole nitrogens is 1. The van der Waals surface area contributed by atoms with Gasteiger partial charge in [0, 0.05) is 0 Å². The molecule has 20 heavy (non-hydrogen) atoms. The van der Waals surface area contributed by atoms with Crippen LogP contribution in [0.5, 0.6) is 0 Å². The first-order chi connectivity index (χ1) is 8.98. The van der Waals surface area contributed by atoms with Crippen LogP contribution in [0.25, 0.3) is 0 Å². The Balaban J connectivity index is 2.77. The van der Waals surface area contributed by atoms with Gasteiger partial charge in [-0.25, -0.2) is 9.59 Å². The van der Waals surface area contributed by atoms with Crippen LogP contribution in [0.3, 0.4) is 0 Å². The molecule has 2 N–H and O–H groups in total. The molecule has 0 atom stereocenters. The summed E-state index contributed by atoms with van der Waals surface area (Å²) in [5.41, 5.74) is -1.11. The molecule has 0 aliphatic heterocycles. The summed E-state index contributed by atoms with van der Waals surface area (Å²) in [7, 11) is 0. The second kappa shape index (κ2) is 5.52. The summed E-state index contributed by atoms with van der Waals surface area (Å²) < 4.78 is 10.3. The third-order valence-corrected chi connectivity index (χ3v) is 1.88. The van der Waals surface area contributed by atoms with Gasteiger partial charge >= 0.3 is 12.1 Å². The molecule has 7 nitrogen and oxygen atoms in total. The van der Waals surface area contributed by atoms with Crippen LogP contribution in [0.4, 0.5) is 10.6 Å². The molecule has 112 valence electrons. The van der Waals surface area contributed by atoms with E-state index in [1.54, 1.807) is 41.5 Å². The Labute approximate surface area is 118 Å². The van der Waals surface area contributed by atoms with Gasteiger partial charge in [-0.05, 0) is 41.5 Å². The van der Waals surface area contributed by atoms with Crippen LogP contribution in [0.15, 0.2) is 6.20 Å². The molecule has 0 saturated heterocycles. The number of nitrogens with one attached hydrogen (secondary N) is 2. The quantitative estimate of drug-likeness (QED) is 0.814. The van der Waals surface area contributed by atoms with Crippen molar-refractivity contribution in [1.29, 1.82) is 0 Å². The van der Waals surface area contributed by atoms with Crippen molar-refractivity contribution in [1.82, 2.24) is 10.2 Å². The lowest BCUT2D eigenvalue weighted by Crippen LogP contribution is -2.28. The van der Waals surface area contributed by atoms with E-state index < -0.39 is 23.3 Å². The fourth-order valence-electron chi connectivity index (χ4n) is 1.27. The van der Waals surface area contributed by atoms with E-state index in [4.69, 9.17) is 9.47 Å². The predicted octanol–water partition coefficient (Wildman–Crippen LogP) is 2.71. The van der Waals surface area contributed by atoms with Crippen molar-refractivity contribution < 1.29 is 19.1 Å². The highest BCUT2D eigenvalue weighted by Gasteiger charge is 2.24. The SMILES string of the molecule is CC(C)(C)OC(=O)Nc1[nH]ncc1C(=O)OC(C)(C)C. The van der Waals surface area contributed by atoms with Crippen LogP contribution in [0.2, 0.25) is 0 Å². The topological polar surface area (TPSA) is 93.3 Å². The van der Waals surface area contributed by atoms with Crippen LogP contribution in [0, 0.1) is 0 Å². The number of amides is 1. The normalized spacial score (nSPS) is 11.9. The summed E-state index contributed by atoms with van der Waals surface area (Å²) >= 11 is 0. The average molecular weight is 283 g/mol. The maximum absolute atomic E-state index is 11.9. The van der Waals surface area contributed by atoms with Gasteiger partial charge in [-0.3, -0.25) is 10.4 Å². The van der Waals surface area contributed by atoms with Crippen molar-refractivity contribution in [2.75, 3.05) is 5.32 Å². The maximum atomic E-state index is 11.9. The van der Waals surface area contributed by atoms with E-state index in [9.17, 15) is 9.59 Å². The van der Waals surface area contributed by atoms with Crippen LogP contribution in [0.1, 0.15) is 51.9 Å². The van der Waals surface area contributed by atoms with Crippen molar-refractivity contribution in [3.8, 4) is 0 Å². The third kappa shape index (κ3) is 5.29. The number of ether oxygens (including phenoxy) is 2. The molecular weight excluding hydrogens is 262 g/mol. The zero-order valence-electron chi connectivity index (χ0n) is 12.7. The van der Waals surface area contributed by atoms with Gasteiger partial charge in [-0.1, -0.05) is 0 Å². The molecule has 0 spiro atoms. The van der Waals surface area contributed by atoms with Crippen molar-refractivity contribution >= 4 is 17.9 Å². The summed E-state index contributed by atoms with van der Waals surface area (Å²) in [4.78, 5) is 23.6. The Bertz CT molecular complexity index is 494. The standard InChI is InChI=1S/C13H21N3O4/c1-12(2,3)19-10(17)8-7-14-16-9(8)15-11(18)20-13(4,5)6/h7H,1-6H3,(H2,14,15,16,18). The van der Waals surface area contributed by atoms with Gasteiger partial charge in [0.05, 0.1) is 6.20 Å². The number of hydrogen-bond donors (Lipinski definition) is 2. The van der Waals surface area contributed by atoms with E-state index in [1.165, 1.54) is 6.20 Å². The van der Waals surface area contributed by atoms with Gasteiger partial charge in [0.25, 0.3) is 0 Å². The number of hydrogen-bond acceptors (Lipinski definition) is 5. The number of carbonyl (C=O) groups is 2. The fraction of sp³-hybridized carbons (Fsp3) is 0.615. The second-order valence-electron chi connectivity index (χ2n) is 6.29. The average Bonchev–Trinajstić information content (AvgIpc) is 2.59. The summed E-state index contributed by atoms with van der Waals surface area (Å²) in [5.74, 6) is -0.425. The molecule has 0 bridgehead atoms. The minimum atomic E-state index is -0.674. The lowest BCUT2D eigenvalue weighted by Gasteiger charge is -2.20. The number of aromatic amines is 1. The highest BCUT2D eigenvalue weighted by atomic mass is 16.6. The number of aromatic nitrogens is 2. The zero-order valence-corrected chi connectivity index (χ0v) is 12.7. The molecule has 0 aromatic carbocycles. The Kier molecular flexibility index (Phi) is 4.42. The van der Waals surface area contributed by atoms with Crippen molar-refractivity contribution in [2.45, 2.75) is 52.7 Å². The van der Waals surface area contributed by atoms with Crippen LogP contribution < -0.4 is 5.32 Å². The van der Waals surface area contributed by atoms with Gasteiger partial charge < -0.3 is 9.47 Å². The Hall–Kier alpha value is -2.05. The van der Waals surface area contributed by atoms with Crippen LogP contribution >= 0.6 is 0 Å². The minimum Gasteiger partial charge on any atom is -0.456 e. The van der Waals surface area contributed by atoms with E-state index in [0.717, 1.165) is 0 Å². The number of esters is 1. The predicted molar refractivity (Wildman–Crippen MR) is 73.6 cm³/mol. The molecular formula is C13H21N3O4. The number of rotatable bonds is 2. The first kappa shape index (κ1) is 16.0. The van der Waals surface area contributed by atoms with E-state index in [-0.39, 0.29) is 11.4 Å². The smallest absolute Gasteiger partial charge is 0.413 e. The summed E-state index contributed by atoms with van der Waals surface area (Å²) in [6.45, 7) is 10.5. The Morgan fingerprint density at radius 1 is 1.10 bits per heavy atom. The zero-order chi connectivity index (χ0) is 15.6. The van der Waals surface area contributed by atoms with Crippen molar-refractivity contribution in [3.63, 3.8) is 0 Å². The third-order valence-electron chi connectivity index (χ3n) is 1.88. The molecule has 1 aromatic heterocycles. The fourth-order valence-corrected chi connectivity index (χ4v) is 1.27. The lowest BCUT2D eigenvalue weighted by atomic mass is 10.2. The first-order valence-electron chi connectivity index (χ1n) is 6.25. The second-order valence-corrected chi connectivity index (χ2v) is 6.29. The maximum Gasteiger partial charge on any atom is 0.413 e. The molecule has 1 rings (SSSR count). The lowest BCUT2D eigenvalue weighted by molar-refractivity contribution is 0.00708. The highest BCUT2D eigenvalue weighted by molar-refractivity contribution is 5.98. The molecule has 1 heterocycles. The summed E-state index contributed by atoms with van der Waals surface area (Å²) in [5, 5.41) is 8.69. The van der Waals surface area contributed by atoms with E-state index >= 15 is 0 Å². The Morgan fingerprint density at radius 2 is 1.65 bits per heavy atom. The van der Waals surface area contributed by atoms with Crippen LogP contribution in [-0.4, -0.2) is 33.5 Å². The molecule has 0 unspecified atom stereocenters. The Morgan fingerprint density at radius 3 is 2.15 bits per heavy atom. The number of carbonyl (C=O) groups excluding carboxylic acids is 2. The first-order valence-corrected chi connectivity index (χ1v) is 6.25. The molecule has 0 aliphatic carbocycles. The van der Waals surface area contributed by atoms with Gasteiger partial charge in [-0.15, -0.1) is 0 Å². The highest BCUT2D eigenvalue weighted by Crippen LogP contribution is 2.18. The van der Waals surface area contributed by atoms with Gasteiger partial charge in [0.2, 0.25) is 0 Å². The van der Waals surface area contributed by atoms with E-state index in [0.29, 0.717) is 0 Å². The van der Waals surface area contributed by atoms with Gasteiger partial charge in [0.15, 0.2) is 0 Å². The van der Waals surface area contributed by atoms with Gasteiger partial charge in [-0.2, -0.15) is 5.10 Å². The largest absolute Gasteiger partial charge is 0.456 e. The summed E-state index contributed by atoms with van der Waals surface area (Å²) in [6.07, 6.45) is 0.618. The molecule has 1 aromatic rings.